The molecule has 0 atom stereocenters. The van der Waals surface area contributed by atoms with Crippen molar-refractivity contribution >= 4 is 34.8 Å². The Bertz CT molecular complexity index is 868. The van der Waals surface area contributed by atoms with Crippen LogP contribution in [0.5, 0.6) is 0 Å². The highest BCUT2D eigenvalue weighted by molar-refractivity contribution is 6.31. The van der Waals surface area contributed by atoms with Crippen molar-refractivity contribution in [3.8, 4) is 0 Å². The second-order valence-corrected chi connectivity index (χ2v) is 5.07. The molecule has 10 nitrogen and oxygen atoms in total. The van der Waals surface area contributed by atoms with E-state index in [0.717, 1.165) is 24.3 Å². The van der Waals surface area contributed by atoms with Crippen LogP contribution in [0.25, 0.3) is 0 Å². The third-order valence-electron chi connectivity index (χ3n) is 3.03. The number of amides is 2. The van der Waals surface area contributed by atoms with Gasteiger partial charge in [0, 0.05) is 28.8 Å². The van der Waals surface area contributed by atoms with Gasteiger partial charge < -0.3 is 0 Å². The molecule has 0 unspecified atom stereocenters. The van der Waals surface area contributed by atoms with Crippen LogP contribution in [0.4, 0.5) is 11.4 Å². The van der Waals surface area contributed by atoms with E-state index in [-0.39, 0.29) is 21.8 Å². The van der Waals surface area contributed by atoms with Crippen molar-refractivity contribution in [3.05, 3.63) is 78.8 Å². The van der Waals surface area contributed by atoms with Crippen LogP contribution < -0.4 is 10.9 Å². The van der Waals surface area contributed by atoms with Gasteiger partial charge in [-0.25, -0.2) is 0 Å². The maximum Gasteiger partial charge on any atom is 0.283 e. The number of rotatable bonds is 4. The molecule has 2 aromatic rings. The molecule has 0 bridgehead atoms. The highest BCUT2D eigenvalue weighted by Crippen LogP contribution is 2.23. The van der Waals surface area contributed by atoms with Crippen LogP contribution in [0.1, 0.15) is 20.7 Å². The van der Waals surface area contributed by atoms with Gasteiger partial charge in [-0.1, -0.05) is 11.6 Å². The SMILES string of the molecule is O=C(NNC(=O)c1ccc(Cl)cc1[N+](=O)[O-])c1ccc([N+](=O)[O-])cc1. The summed E-state index contributed by atoms with van der Waals surface area (Å²) in [5.74, 6) is -1.67. The number of hydrazine groups is 1. The third-order valence-corrected chi connectivity index (χ3v) is 3.27. The summed E-state index contributed by atoms with van der Waals surface area (Å²) in [5, 5.41) is 21.6. The lowest BCUT2D eigenvalue weighted by atomic mass is 10.1. The molecule has 0 aliphatic rings. The fraction of sp³-hybridized carbons (Fsp3) is 0. The van der Waals surface area contributed by atoms with Gasteiger partial charge in [-0.2, -0.15) is 0 Å². The standard InChI is InChI=1S/C14H9ClN4O6/c15-9-3-6-11(12(7-9)19(24)25)14(21)17-16-13(20)8-1-4-10(5-2-8)18(22)23/h1-7H,(H,16,20)(H,17,21). The Balaban J connectivity index is 2.08. The highest BCUT2D eigenvalue weighted by atomic mass is 35.5. The number of hydrogen-bond acceptors (Lipinski definition) is 6. The summed E-state index contributed by atoms with van der Waals surface area (Å²) in [7, 11) is 0. The Hall–Kier alpha value is -3.53. The second-order valence-electron chi connectivity index (χ2n) is 4.63. The number of nitro benzene ring substituents is 2. The summed E-state index contributed by atoms with van der Waals surface area (Å²) in [6.45, 7) is 0. The fourth-order valence-corrected chi connectivity index (χ4v) is 2.00. The molecule has 0 heterocycles. The molecule has 2 N–H and O–H groups in total. The molecule has 0 spiro atoms. The monoisotopic (exact) mass is 364 g/mol. The minimum Gasteiger partial charge on any atom is -0.267 e. The van der Waals surface area contributed by atoms with Gasteiger partial charge in [0.15, 0.2) is 0 Å². The third kappa shape index (κ3) is 4.26. The summed E-state index contributed by atoms with van der Waals surface area (Å²) in [6, 6.07) is 8.10. The van der Waals surface area contributed by atoms with Crippen LogP contribution >= 0.6 is 11.6 Å². The summed E-state index contributed by atoms with van der Waals surface area (Å²) in [5.41, 5.74) is 3.14. The van der Waals surface area contributed by atoms with Crippen LogP contribution in [0.2, 0.25) is 5.02 Å². The van der Waals surface area contributed by atoms with Crippen LogP contribution in [-0.4, -0.2) is 21.7 Å². The molecule has 0 saturated carbocycles. The first-order chi connectivity index (χ1) is 11.8. The zero-order valence-corrected chi connectivity index (χ0v) is 13.0. The predicted octanol–water partition coefficient (Wildman–Crippen LogP) is 2.23. The Kier molecular flexibility index (Phi) is 5.25. The lowest BCUT2D eigenvalue weighted by molar-refractivity contribution is -0.385. The molecule has 2 rings (SSSR count). The molecule has 0 fully saturated rings. The second kappa shape index (κ2) is 7.36. The minimum absolute atomic E-state index is 0.0523. The quantitative estimate of drug-likeness (QED) is 0.628. The van der Waals surface area contributed by atoms with Gasteiger partial charge in [-0.15, -0.1) is 0 Å². The summed E-state index contributed by atoms with van der Waals surface area (Å²) in [4.78, 5) is 44.0. The molecular formula is C14H9ClN4O6. The number of nitrogens with one attached hydrogen (secondary N) is 2. The van der Waals surface area contributed by atoms with E-state index in [0.29, 0.717) is 0 Å². The first-order valence-corrected chi connectivity index (χ1v) is 6.96. The lowest BCUT2D eigenvalue weighted by Crippen LogP contribution is -2.41. The molecule has 11 heteroatoms. The van der Waals surface area contributed by atoms with Gasteiger partial charge in [0.1, 0.15) is 5.56 Å². The molecule has 0 aromatic heterocycles. The van der Waals surface area contributed by atoms with Gasteiger partial charge in [-0.05, 0) is 24.3 Å². The largest absolute Gasteiger partial charge is 0.283 e. The minimum atomic E-state index is -0.918. The Morgan fingerprint density at radius 3 is 2.04 bits per heavy atom. The van der Waals surface area contributed by atoms with Gasteiger partial charge in [0.2, 0.25) is 0 Å². The molecule has 25 heavy (non-hydrogen) atoms. The Labute approximate surface area is 144 Å². The summed E-state index contributed by atoms with van der Waals surface area (Å²) in [6.07, 6.45) is 0. The van der Waals surface area contributed by atoms with Crippen molar-refractivity contribution < 1.29 is 19.4 Å². The van der Waals surface area contributed by atoms with Crippen molar-refractivity contribution in [3.63, 3.8) is 0 Å². The Morgan fingerprint density at radius 2 is 1.48 bits per heavy atom. The van der Waals surface area contributed by atoms with Crippen molar-refractivity contribution in [2.24, 2.45) is 0 Å². The Morgan fingerprint density at radius 1 is 0.880 bits per heavy atom. The zero-order valence-electron chi connectivity index (χ0n) is 12.3. The molecule has 128 valence electrons. The number of non-ortho nitro benzene ring substituents is 1. The summed E-state index contributed by atoms with van der Waals surface area (Å²) >= 11 is 5.65. The lowest BCUT2D eigenvalue weighted by Gasteiger charge is -2.08. The fourth-order valence-electron chi connectivity index (χ4n) is 1.84. The average molecular weight is 365 g/mol. The molecule has 0 aliphatic carbocycles. The number of carbonyl (C=O) groups excluding carboxylic acids is 2. The van der Waals surface area contributed by atoms with Crippen LogP contribution in [0, 0.1) is 20.2 Å². The predicted molar refractivity (Wildman–Crippen MR) is 86.1 cm³/mol. The van der Waals surface area contributed by atoms with E-state index in [1.807, 2.05) is 5.43 Å². The maximum atomic E-state index is 12.0. The number of benzene rings is 2. The first kappa shape index (κ1) is 17.8. The van der Waals surface area contributed by atoms with Gasteiger partial charge >= 0.3 is 0 Å². The van der Waals surface area contributed by atoms with E-state index < -0.39 is 27.3 Å². The van der Waals surface area contributed by atoms with E-state index in [1.54, 1.807) is 0 Å². The van der Waals surface area contributed by atoms with Crippen LogP contribution in [-0.2, 0) is 0 Å². The zero-order chi connectivity index (χ0) is 18.6. The van der Waals surface area contributed by atoms with E-state index in [9.17, 15) is 29.8 Å². The number of halogens is 1. The van der Waals surface area contributed by atoms with Crippen molar-refractivity contribution in [2.45, 2.75) is 0 Å². The van der Waals surface area contributed by atoms with E-state index >= 15 is 0 Å². The smallest absolute Gasteiger partial charge is 0.267 e. The molecule has 0 radical (unpaired) electrons. The van der Waals surface area contributed by atoms with Crippen molar-refractivity contribution in [1.29, 1.82) is 0 Å². The van der Waals surface area contributed by atoms with Crippen LogP contribution in [0.3, 0.4) is 0 Å². The molecule has 2 aromatic carbocycles. The molecular weight excluding hydrogens is 356 g/mol. The number of nitrogens with zero attached hydrogens (tertiary/aromatic N) is 2. The number of nitro groups is 2. The summed E-state index contributed by atoms with van der Waals surface area (Å²) < 4.78 is 0. The van der Waals surface area contributed by atoms with Gasteiger partial charge in [0.05, 0.1) is 9.85 Å². The van der Waals surface area contributed by atoms with E-state index in [2.05, 4.69) is 5.43 Å². The normalized spacial score (nSPS) is 9.96. The van der Waals surface area contributed by atoms with Crippen molar-refractivity contribution in [2.75, 3.05) is 0 Å². The van der Waals surface area contributed by atoms with Crippen molar-refractivity contribution in [1.82, 2.24) is 10.9 Å². The molecule has 2 amide bonds. The number of carbonyl (C=O) groups is 2. The number of hydrogen-bond donors (Lipinski definition) is 2. The average Bonchev–Trinajstić information content (AvgIpc) is 2.59. The topological polar surface area (TPSA) is 144 Å². The van der Waals surface area contributed by atoms with Gasteiger partial charge in [0.25, 0.3) is 23.2 Å². The molecule has 0 aliphatic heterocycles. The van der Waals surface area contributed by atoms with E-state index in [1.165, 1.54) is 18.2 Å². The van der Waals surface area contributed by atoms with Gasteiger partial charge in [-0.3, -0.25) is 40.7 Å². The van der Waals surface area contributed by atoms with E-state index in [4.69, 9.17) is 11.6 Å². The van der Waals surface area contributed by atoms with Crippen LogP contribution in [0.15, 0.2) is 42.5 Å². The first-order valence-electron chi connectivity index (χ1n) is 6.58. The maximum absolute atomic E-state index is 12.0. The highest BCUT2D eigenvalue weighted by Gasteiger charge is 2.21. The molecule has 0 saturated heterocycles.